The molecule has 3 rings (SSSR count). The second-order valence-electron chi connectivity index (χ2n) is 7.41. The highest BCUT2D eigenvalue weighted by Gasteiger charge is 2.28. The molecule has 0 radical (unpaired) electrons. The third-order valence-electron chi connectivity index (χ3n) is 5.00. The second-order valence-corrected chi connectivity index (χ2v) is 9.35. The summed E-state index contributed by atoms with van der Waals surface area (Å²) in [6, 6.07) is 12.1. The molecule has 0 unspecified atom stereocenters. The van der Waals surface area contributed by atoms with Crippen molar-refractivity contribution in [3.8, 4) is 0 Å². The van der Waals surface area contributed by atoms with E-state index in [0.717, 1.165) is 24.0 Å². The molecular weight excluding hydrogens is 360 g/mol. The van der Waals surface area contributed by atoms with E-state index in [4.69, 9.17) is 0 Å². The molecule has 1 saturated heterocycles. The van der Waals surface area contributed by atoms with Gasteiger partial charge in [-0.25, -0.2) is 8.42 Å². The van der Waals surface area contributed by atoms with Gasteiger partial charge in [-0.05, 0) is 68.5 Å². The molecule has 6 heteroatoms. The standard InChI is InChI=1S/C21H26N2O3S/c1-15-6-11-20(17(3)13-15)21(24)22-18-7-9-19(10-8-18)27(25,26)23-12-4-5-16(2)14-23/h6-11,13,16H,4-5,12,14H2,1-3H3,(H,22,24)/t16-/m0/s1. The van der Waals surface area contributed by atoms with Crippen LogP contribution in [0.25, 0.3) is 0 Å². The van der Waals surface area contributed by atoms with Crippen LogP contribution < -0.4 is 5.32 Å². The summed E-state index contributed by atoms with van der Waals surface area (Å²) in [4.78, 5) is 12.7. The van der Waals surface area contributed by atoms with Gasteiger partial charge in [0, 0.05) is 24.3 Å². The number of nitrogens with zero attached hydrogens (tertiary/aromatic N) is 1. The van der Waals surface area contributed by atoms with Crippen LogP contribution in [-0.2, 0) is 10.0 Å². The number of rotatable bonds is 4. The Kier molecular flexibility index (Phi) is 5.67. The Morgan fingerprint density at radius 2 is 1.81 bits per heavy atom. The molecule has 1 amide bonds. The van der Waals surface area contributed by atoms with Crippen LogP contribution in [0.1, 0.15) is 41.3 Å². The van der Waals surface area contributed by atoms with E-state index in [1.807, 2.05) is 26.0 Å². The first-order valence-electron chi connectivity index (χ1n) is 9.26. The molecule has 2 aromatic carbocycles. The summed E-state index contributed by atoms with van der Waals surface area (Å²) in [5, 5.41) is 2.84. The molecule has 1 aliphatic heterocycles. The molecule has 1 aliphatic rings. The SMILES string of the molecule is Cc1ccc(C(=O)Nc2ccc(S(=O)(=O)N3CCC[C@H](C)C3)cc2)c(C)c1. The third-order valence-corrected chi connectivity index (χ3v) is 6.88. The number of carbonyl (C=O) groups excluding carboxylic acids is 1. The molecule has 0 bridgehead atoms. The summed E-state index contributed by atoms with van der Waals surface area (Å²) >= 11 is 0. The van der Waals surface area contributed by atoms with Gasteiger partial charge in [-0.3, -0.25) is 4.79 Å². The zero-order valence-electron chi connectivity index (χ0n) is 16.0. The number of sulfonamides is 1. The van der Waals surface area contributed by atoms with Crippen LogP contribution in [0.5, 0.6) is 0 Å². The number of piperidine rings is 1. The zero-order valence-corrected chi connectivity index (χ0v) is 16.8. The van der Waals surface area contributed by atoms with Crippen molar-refractivity contribution in [1.82, 2.24) is 4.31 Å². The van der Waals surface area contributed by atoms with Crippen LogP contribution in [0.3, 0.4) is 0 Å². The molecule has 2 aromatic rings. The fraction of sp³-hybridized carbons (Fsp3) is 0.381. The maximum Gasteiger partial charge on any atom is 0.255 e. The maximum absolute atomic E-state index is 12.8. The molecule has 0 aliphatic carbocycles. The molecular formula is C21H26N2O3S. The summed E-state index contributed by atoms with van der Waals surface area (Å²) in [7, 11) is -3.48. The minimum absolute atomic E-state index is 0.201. The van der Waals surface area contributed by atoms with E-state index < -0.39 is 10.0 Å². The molecule has 0 spiro atoms. The minimum atomic E-state index is -3.48. The number of hydrogen-bond donors (Lipinski definition) is 1. The molecule has 1 heterocycles. The van der Waals surface area contributed by atoms with Crippen molar-refractivity contribution in [2.45, 2.75) is 38.5 Å². The Morgan fingerprint density at radius 3 is 2.44 bits per heavy atom. The van der Waals surface area contributed by atoms with Gasteiger partial charge in [0.25, 0.3) is 5.91 Å². The van der Waals surface area contributed by atoms with E-state index in [1.54, 1.807) is 34.6 Å². The van der Waals surface area contributed by atoms with E-state index in [1.165, 1.54) is 0 Å². The largest absolute Gasteiger partial charge is 0.322 e. The normalized spacial score (nSPS) is 18.3. The van der Waals surface area contributed by atoms with Crippen LogP contribution in [0.4, 0.5) is 5.69 Å². The van der Waals surface area contributed by atoms with Crippen molar-refractivity contribution < 1.29 is 13.2 Å². The van der Waals surface area contributed by atoms with Gasteiger partial charge in [0.1, 0.15) is 0 Å². The van der Waals surface area contributed by atoms with Crippen LogP contribution in [0.2, 0.25) is 0 Å². The lowest BCUT2D eigenvalue weighted by Gasteiger charge is -2.30. The lowest BCUT2D eigenvalue weighted by atomic mass is 10.0. The molecule has 1 atom stereocenters. The van der Waals surface area contributed by atoms with E-state index in [2.05, 4.69) is 12.2 Å². The number of carbonyl (C=O) groups is 1. The van der Waals surface area contributed by atoms with Crippen molar-refractivity contribution in [3.63, 3.8) is 0 Å². The summed E-state index contributed by atoms with van der Waals surface area (Å²) in [6.45, 7) is 7.09. The molecule has 5 nitrogen and oxygen atoms in total. The van der Waals surface area contributed by atoms with Crippen LogP contribution in [0.15, 0.2) is 47.4 Å². The molecule has 1 fully saturated rings. The Bertz CT molecular complexity index is 936. The Hall–Kier alpha value is -2.18. The van der Waals surface area contributed by atoms with E-state index in [9.17, 15) is 13.2 Å². The van der Waals surface area contributed by atoms with Gasteiger partial charge < -0.3 is 5.32 Å². The Labute approximate surface area is 161 Å². The number of aryl methyl sites for hydroxylation is 2. The zero-order chi connectivity index (χ0) is 19.6. The maximum atomic E-state index is 12.8. The summed E-state index contributed by atoms with van der Waals surface area (Å²) in [5.74, 6) is 0.179. The number of amides is 1. The van der Waals surface area contributed by atoms with E-state index in [-0.39, 0.29) is 10.8 Å². The van der Waals surface area contributed by atoms with Gasteiger partial charge in [0.15, 0.2) is 0 Å². The average Bonchev–Trinajstić information content (AvgIpc) is 2.62. The first-order chi connectivity index (χ1) is 12.8. The van der Waals surface area contributed by atoms with Gasteiger partial charge in [0.2, 0.25) is 10.0 Å². The lowest BCUT2D eigenvalue weighted by molar-refractivity contribution is 0.102. The highest BCUT2D eigenvalue weighted by atomic mass is 32.2. The third kappa shape index (κ3) is 4.39. The fourth-order valence-electron chi connectivity index (χ4n) is 3.49. The monoisotopic (exact) mass is 386 g/mol. The summed E-state index contributed by atoms with van der Waals surface area (Å²) in [6.07, 6.45) is 1.96. The van der Waals surface area contributed by atoms with E-state index in [0.29, 0.717) is 30.3 Å². The number of hydrogen-bond acceptors (Lipinski definition) is 3. The quantitative estimate of drug-likeness (QED) is 0.864. The first-order valence-corrected chi connectivity index (χ1v) is 10.7. The highest BCUT2D eigenvalue weighted by Crippen LogP contribution is 2.24. The van der Waals surface area contributed by atoms with Crippen LogP contribution >= 0.6 is 0 Å². The average molecular weight is 387 g/mol. The minimum Gasteiger partial charge on any atom is -0.322 e. The smallest absolute Gasteiger partial charge is 0.255 e. The number of anilines is 1. The molecule has 1 N–H and O–H groups in total. The fourth-order valence-corrected chi connectivity index (χ4v) is 5.09. The van der Waals surface area contributed by atoms with Crippen molar-refractivity contribution >= 4 is 21.6 Å². The van der Waals surface area contributed by atoms with Gasteiger partial charge in [-0.15, -0.1) is 0 Å². The second kappa shape index (κ2) is 7.82. The molecule has 144 valence electrons. The van der Waals surface area contributed by atoms with Gasteiger partial charge in [-0.1, -0.05) is 24.6 Å². The lowest BCUT2D eigenvalue weighted by Crippen LogP contribution is -2.39. The highest BCUT2D eigenvalue weighted by molar-refractivity contribution is 7.89. The number of benzene rings is 2. The Balaban J connectivity index is 1.74. The van der Waals surface area contributed by atoms with Crippen LogP contribution in [-0.4, -0.2) is 31.7 Å². The van der Waals surface area contributed by atoms with Crippen molar-refractivity contribution in [3.05, 3.63) is 59.2 Å². The molecule has 27 heavy (non-hydrogen) atoms. The topological polar surface area (TPSA) is 66.5 Å². The van der Waals surface area contributed by atoms with Crippen molar-refractivity contribution in [2.75, 3.05) is 18.4 Å². The Morgan fingerprint density at radius 1 is 1.11 bits per heavy atom. The summed E-state index contributed by atoms with van der Waals surface area (Å²) < 4.78 is 27.2. The van der Waals surface area contributed by atoms with Crippen molar-refractivity contribution in [1.29, 1.82) is 0 Å². The van der Waals surface area contributed by atoms with Gasteiger partial charge in [-0.2, -0.15) is 4.31 Å². The number of nitrogens with one attached hydrogen (secondary N) is 1. The van der Waals surface area contributed by atoms with Gasteiger partial charge in [0.05, 0.1) is 4.90 Å². The summed E-state index contributed by atoms with van der Waals surface area (Å²) in [5.41, 5.74) is 3.20. The predicted octanol–water partition coefficient (Wildman–Crippen LogP) is 3.98. The van der Waals surface area contributed by atoms with E-state index >= 15 is 0 Å². The van der Waals surface area contributed by atoms with Crippen LogP contribution in [0, 0.1) is 19.8 Å². The molecule has 0 aromatic heterocycles. The predicted molar refractivity (Wildman–Crippen MR) is 107 cm³/mol. The molecule has 0 saturated carbocycles. The van der Waals surface area contributed by atoms with Gasteiger partial charge >= 0.3 is 0 Å². The first kappa shape index (κ1) is 19.6. The van der Waals surface area contributed by atoms with Crippen molar-refractivity contribution in [2.24, 2.45) is 5.92 Å².